The smallest absolute Gasteiger partial charge is 0.276 e. The van der Waals surface area contributed by atoms with Gasteiger partial charge in [-0.05, 0) is 30.2 Å². The highest BCUT2D eigenvalue weighted by atomic mass is 32.2. The van der Waals surface area contributed by atoms with Crippen molar-refractivity contribution in [1.29, 1.82) is 0 Å². The van der Waals surface area contributed by atoms with Gasteiger partial charge in [0.15, 0.2) is 11.3 Å². The van der Waals surface area contributed by atoms with Gasteiger partial charge >= 0.3 is 0 Å². The third-order valence-corrected chi connectivity index (χ3v) is 5.44. The molecule has 0 unspecified atom stereocenters. The average molecular weight is 380 g/mol. The number of methoxy groups -OCH3 is 1. The molecule has 2 aromatic rings. The molecule has 0 bridgehead atoms. The van der Waals surface area contributed by atoms with Crippen molar-refractivity contribution < 1.29 is 9.53 Å². The summed E-state index contributed by atoms with van der Waals surface area (Å²) in [6, 6.07) is 15.4. The number of thioether (sulfide) groups is 1. The molecule has 1 N–H and O–H groups in total. The lowest BCUT2D eigenvalue weighted by Crippen LogP contribution is -2.50. The highest BCUT2D eigenvalue weighted by Gasteiger charge is 2.34. The lowest BCUT2D eigenvalue weighted by Gasteiger charge is -2.34. The van der Waals surface area contributed by atoms with Crippen molar-refractivity contribution in [3.05, 3.63) is 64.7 Å². The van der Waals surface area contributed by atoms with Crippen LogP contribution in [0, 0.1) is 0 Å². The summed E-state index contributed by atoms with van der Waals surface area (Å²) in [6.07, 6.45) is 0.606. The van der Waals surface area contributed by atoms with E-state index in [1.165, 1.54) is 0 Å². The molecular weight excluding hydrogens is 360 g/mol. The summed E-state index contributed by atoms with van der Waals surface area (Å²) in [5.74, 6) is 1.52. The Kier molecular flexibility index (Phi) is 4.85. The molecule has 0 spiro atoms. The third-order valence-electron chi connectivity index (χ3n) is 4.37. The molecular formula is C20H20N4O2S. The highest BCUT2D eigenvalue weighted by Crippen LogP contribution is 2.31. The van der Waals surface area contributed by atoms with Gasteiger partial charge in [0.25, 0.3) is 5.91 Å². The van der Waals surface area contributed by atoms with Crippen molar-refractivity contribution >= 4 is 28.5 Å². The van der Waals surface area contributed by atoms with Gasteiger partial charge in [-0.3, -0.25) is 15.1 Å². The number of amides is 1. The quantitative estimate of drug-likeness (QED) is 0.881. The fraction of sp³-hybridized carbons (Fsp3) is 0.250. The fourth-order valence-electron chi connectivity index (χ4n) is 3.08. The van der Waals surface area contributed by atoms with Gasteiger partial charge in [0.2, 0.25) is 0 Å². The molecule has 27 heavy (non-hydrogen) atoms. The lowest BCUT2D eigenvalue weighted by atomic mass is 10.1. The van der Waals surface area contributed by atoms with Gasteiger partial charge in [0.05, 0.1) is 12.5 Å². The Hall–Kier alpha value is -2.80. The molecule has 7 heteroatoms. The Balaban J connectivity index is 1.86. The molecule has 6 nitrogen and oxygen atoms in total. The van der Waals surface area contributed by atoms with Crippen LogP contribution in [0.2, 0.25) is 0 Å². The molecule has 0 fully saturated rings. The highest BCUT2D eigenvalue weighted by molar-refractivity contribution is 8.13. The van der Waals surface area contributed by atoms with Gasteiger partial charge in [0, 0.05) is 11.0 Å². The first-order valence-corrected chi connectivity index (χ1v) is 9.83. The van der Waals surface area contributed by atoms with Crippen molar-refractivity contribution in [1.82, 2.24) is 10.3 Å². The maximum Gasteiger partial charge on any atom is 0.276 e. The van der Waals surface area contributed by atoms with Gasteiger partial charge in [-0.2, -0.15) is 0 Å². The van der Waals surface area contributed by atoms with Crippen LogP contribution in [0.15, 0.2) is 58.6 Å². The van der Waals surface area contributed by atoms with Gasteiger partial charge in [-0.15, -0.1) is 5.10 Å². The zero-order valence-corrected chi connectivity index (χ0v) is 16.0. The van der Waals surface area contributed by atoms with E-state index in [1.807, 2.05) is 48.5 Å². The van der Waals surface area contributed by atoms with E-state index in [0.29, 0.717) is 10.9 Å². The SMILES string of the molecule is CCCSC1=NN2C(=c3ccccc3=N[C@@H]2c2ccc(OC)cc2)C(=O)N1. The van der Waals surface area contributed by atoms with Crippen LogP contribution < -0.4 is 20.6 Å². The molecule has 2 heterocycles. The molecule has 2 aromatic carbocycles. The number of hydrogen-bond donors (Lipinski definition) is 1. The van der Waals surface area contributed by atoms with Crippen molar-refractivity contribution in [3.63, 3.8) is 0 Å². The molecule has 0 aliphatic carbocycles. The zero-order chi connectivity index (χ0) is 18.8. The monoisotopic (exact) mass is 380 g/mol. The van der Waals surface area contributed by atoms with E-state index >= 15 is 0 Å². The zero-order valence-electron chi connectivity index (χ0n) is 15.2. The predicted octanol–water partition coefficient (Wildman–Crippen LogP) is 1.98. The minimum absolute atomic E-state index is 0.149. The molecule has 0 radical (unpaired) electrons. The van der Waals surface area contributed by atoms with Crippen molar-refractivity contribution in [3.8, 4) is 5.75 Å². The Bertz CT molecular complexity index is 1020. The number of benzene rings is 2. The minimum atomic E-state index is -0.399. The Morgan fingerprint density at radius 2 is 1.96 bits per heavy atom. The van der Waals surface area contributed by atoms with E-state index in [1.54, 1.807) is 23.9 Å². The van der Waals surface area contributed by atoms with Crippen LogP contribution in [0.1, 0.15) is 25.1 Å². The maximum absolute atomic E-state index is 12.9. The summed E-state index contributed by atoms with van der Waals surface area (Å²) in [4.78, 5) is 17.8. The van der Waals surface area contributed by atoms with Crippen LogP contribution >= 0.6 is 11.8 Å². The largest absolute Gasteiger partial charge is 0.497 e. The number of ether oxygens (including phenoxy) is 1. The number of amidine groups is 1. The minimum Gasteiger partial charge on any atom is -0.497 e. The van der Waals surface area contributed by atoms with Crippen LogP contribution in [0.5, 0.6) is 5.75 Å². The summed E-state index contributed by atoms with van der Waals surface area (Å²) in [6.45, 7) is 2.10. The van der Waals surface area contributed by atoms with Crippen LogP contribution in [0.4, 0.5) is 0 Å². The molecule has 0 saturated carbocycles. The van der Waals surface area contributed by atoms with E-state index in [2.05, 4.69) is 12.2 Å². The first-order valence-electron chi connectivity index (χ1n) is 8.84. The van der Waals surface area contributed by atoms with Gasteiger partial charge in [0.1, 0.15) is 11.4 Å². The number of nitrogens with zero attached hydrogens (tertiary/aromatic N) is 3. The number of hydrazone groups is 1. The number of para-hydroxylation sites is 1. The molecule has 2 aliphatic heterocycles. The third kappa shape index (κ3) is 3.30. The topological polar surface area (TPSA) is 66.3 Å². The van der Waals surface area contributed by atoms with Crippen molar-refractivity contribution in [2.75, 3.05) is 12.9 Å². The molecule has 4 rings (SSSR count). The van der Waals surface area contributed by atoms with E-state index in [4.69, 9.17) is 14.8 Å². The van der Waals surface area contributed by atoms with Crippen LogP contribution in [0.25, 0.3) is 5.70 Å². The Morgan fingerprint density at radius 1 is 1.19 bits per heavy atom. The number of fused-ring (bicyclic) bond motifs is 2. The lowest BCUT2D eigenvalue weighted by molar-refractivity contribution is -0.116. The summed E-state index contributed by atoms with van der Waals surface area (Å²) >= 11 is 1.54. The second kappa shape index (κ2) is 7.44. The van der Waals surface area contributed by atoms with Gasteiger partial charge in [-0.25, -0.2) is 5.01 Å². The summed E-state index contributed by atoms with van der Waals surface area (Å²) in [5.41, 5.74) is 1.48. The normalized spacial score (nSPS) is 18.1. The van der Waals surface area contributed by atoms with E-state index in [0.717, 1.165) is 34.1 Å². The second-order valence-corrected chi connectivity index (χ2v) is 7.28. The first-order chi connectivity index (χ1) is 13.2. The average Bonchev–Trinajstić information content (AvgIpc) is 2.71. The predicted molar refractivity (Wildman–Crippen MR) is 107 cm³/mol. The number of rotatable bonds is 4. The molecule has 0 saturated heterocycles. The van der Waals surface area contributed by atoms with Gasteiger partial charge < -0.3 is 4.74 Å². The molecule has 138 valence electrons. The molecule has 1 amide bonds. The molecule has 1 atom stereocenters. The fourth-order valence-corrected chi connectivity index (χ4v) is 3.79. The Labute approximate surface area is 161 Å². The number of nitrogens with one attached hydrogen (secondary N) is 1. The van der Waals surface area contributed by atoms with E-state index in [9.17, 15) is 4.79 Å². The molecule has 2 aliphatic rings. The summed E-state index contributed by atoms with van der Waals surface area (Å²) in [5, 5.41) is 11.6. The van der Waals surface area contributed by atoms with Crippen LogP contribution in [0.3, 0.4) is 0 Å². The number of hydrogen-bond acceptors (Lipinski definition) is 6. The summed E-state index contributed by atoms with van der Waals surface area (Å²) < 4.78 is 5.25. The maximum atomic E-state index is 12.9. The van der Waals surface area contributed by atoms with Crippen LogP contribution in [-0.4, -0.2) is 28.9 Å². The van der Waals surface area contributed by atoms with Crippen molar-refractivity contribution in [2.24, 2.45) is 10.1 Å². The van der Waals surface area contributed by atoms with Gasteiger partial charge in [-0.1, -0.05) is 49.0 Å². The van der Waals surface area contributed by atoms with Crippen molar-refractivity contribution in [2.45, 2.75) is 19.5 Å². The Morgan fingerprint density at radius 3 is 2.70 bits per heavy atom. The number of carbonyl (C=O) groups is 1. The van der Waals surface area contributed by atoms with Crippen LogP contribution in [-0.2, 0) is 4.79 Å². The van der Waals surface area contributed by atoms with E-state index in [-0.39, 0.29) is 5.91 Å². The number of carbonyl (C=O) groups excluding carboxylic acids is 1. The summed E-state index contributed by atoms with van der Waals surface area (Å²) in [7, 11) is 1.64. The standard InChI is InChI=1S/C20H20N4O2S/c1-3-12-27-20-22-19(25)17-15-6-4-5-7-16(15)21-18(24(17)23-20)13-8-10-14(26-2)11-9-13/h4-11,18H,3,12H2,1-2H3,(H,22,23,25)/t18-/m0/s1. The van der Waals surface area contributed by atoms with E-state index < -0.39 is 6.17 Å². The first kappa shape index (κ1) is 17.6. The molecule has 0 aromatic heterocycles. The second-order valence-electron chi connectivity index (χ2n) is 6.19.